The van der Waals surface area contributed by atoms with E-state index in [2.05, 4.69) is 5.32 Å². The molecule has 28 heavy (non-hydrogen) atoms. The second-order valence-electron chi connectivity index (χ2n) is 6.51. The average molecular weight is 401 g/mol. The summed E-state index contributed by atoms with van der Waals surface area (Å²) in [4.78, 5) is 12.5. The molecule has 0 unspecified atom stereocenters. The van der Waals surface area contributed by atoms with Crippen molar-refractivity contribution < 1.29 is 22.0 Å². The van der Waals surface area contributed by atoms with E-state index in [1.165, 1.54) is 30.5 Å². The van der Waals surface area contributed by atoms with Gasteiger partial charge in [-0.1, -0.05) is 6.07 Å². The number of carbonyl (C=O) groups excluding carboxylic acids is 1. The van der Waals surface area contributed by atoms with E-state index in [1.807, 2.05) is 13.8 Å². The Labute approximate surface area is 163 Å². The Hall–Kier alpha value is -2.93. The number of rotatable bonds is 6. The van der Waals surface area contributed by atoms with Crippen molar-refractivity contribution in [3.05, 3.63) is 89.1 Å². The van der Waals surface area contributed by atoms with E-state index in [4.69, 9.17) is 4.42 Å². The van der Waals surface area contributed by atoms with Crippen molar-refractivity contribution in [1.29, 1.82) is 0 Å². The zero-order valence-electron chi connectivity index (χ0n) is 15.5. The van der Waals surface area contributed by atoms with Gasteiger partial charge in [0.15, 0.2) is 9.84 Å². The molecule has 0 spiro atoms. The molecule has 2 aromatic carbocycles. The van der Waals surface area contributed by atoms with E-state index in [0.29, 0.717) is 0 Å². The number of benzene rings is 2. The lowest BCUT2D eigenvalue weighted by atomic mass is 10.1. The van der Waals surface area contributed by atoms with E-state index in [-0.39, 0.29) is 22.8 Å². The standard InChI is InChI=1S/C21H20FNO4S/c1-14-5-10-18(12-15(14)2)28(25,26)20(19-4-3-11-27-19)13-23-21(24)16-6-8-17(22)9-7-16/h3-12,20H,13H2,1-2H3,(H,23,24)/t20-/m0/s1. The summed E-state index contributed by atoms with van der Waals surface area (Å²) >= 11 is 0. The number of halogens is 1. The lowest BCUT2D eigenvalue weighted by Crippen LogP contribution is -2.31. The molecule has 1 aromatic heterocycles. The van der Waals surface area contributed by atoms with Gasteiger partial charge in [-0.05, 0) is 73.5 Å². The maximum atomic E-state index is 13.2. The van der Waals surface area contributed by atoms with Gasteiger partial charge in [0, 0.05) is 12.1 Å². The summed E-state index contributed by atoms with van der Waals surface area (Å²) < 4.78 is 44.8. The predicted molar refractivity (Wildman–Crippen MR) is 103 cm³/mol. The SMILES string of the molecule is Cc1ccc(S(=O)(=O)[C@@H](CNC(=O)c2ccc(F)cc2)c2ccco2)cc1C. The van der Waals surface area contributed by atoms with Crippen molar-refractivity contribution in [2.45, 2.75) is 24.0 Å². The summed E-state index contributed by atoms with van der Waals surface area (Å²) in [7, 11) is -3.82. The normalized spacial score (nSPS) is 12.5. The van der Waals surface area contributed by atoms with Crippen molar-refractivity contribution in [2.75, 3.05) is 6.54 Å². The minimum absolute atomic E-state index is 0.160. The van der Waals surface area contributed by atoms with Crippen LogP contribution in [0.3, 0.4) is 0 Å². The molecule has 0 aliphatic carbocycles. The van der Waals surface area contributed by atoms with Crippen molar-refractivity contribution in [3.8, 4) is 0 Å². The van der Waals surface area contributed by atoms with Crippen LogP contribution in [0.1, 0.15) is 32.5 Å². The molecule has 1 N–H and O–H groups in total. The Morgan fingerprint density at radius 1 is 1.07 bits per heavy atom. The van der Waals surface area contributed by atoms with E-state index >= 15 is 0 Å². The third-order valence-corrected chi connectivity index (χ3v) is 6.66. The fourth-order valence-corrected chi connectivity index (χ4v) is 4.45. The van der Waals surface area contributed by atoms with Crippen molar-refractivity contribution in [2.24, 2.45) is 0 Å². The van der Waals surface area contributed by atoms with E-state index in [0.717, 1.165) is 11.1 Å². The molecule has 0 saturated heterocycles. The molecule has 3 aromatic rings. The molecule has 0 bridgehead atoms. The Balaban J connectivity index is 1.88. The second kappa shape index (κ2) is 7.98. The van der Waals surface area contributed by atoms with Crippen LogP contribution in [0.2, 0.25) is 0 Å². The highest BCUT2D eigenvalue weighted by atomic mass is 32.2. The number of amides is 1. The van der Waals surface area contributed by atoms with Gasteiger partial charge in [0.25, 0.3) is 5.91 Å². The number of hydrogen-bond acceptors (Lipinski definition) is 4. The Bertz CT molecular complexity index is 1070. The van der Waals surface area contributed by atoms with Crippen molar-refractivity contribution >= 4 is 15.7 Å². The highest BCUT2D eigenvalue weighted by molar-refractivity contribution is 7.91. The molecule has 1 amide bonds. The molecule has 0 aliphatic heterocycles. The van der Waals surface area contributed by atoms with Crippen LogP contribution >= 0.6 is 0 Å². The first kappa shape index (κ1) is 19.8. The fourth-order valence-electron chi connectivity index (χ4n) is 2.78. The zero-order valence-corrected chi connectivity index (χ0v) is 16.3. The molecule has 1 atom stereocenters. The van der Waals surface area contributed by atoms with E-state index in [9.17, 15) is 17.6 Å². The minimum atomic E-state index is -3.82. The number of furan rings is 1. The Morgan fingerprint density at radius 3 is 2.39 bits per heavy atom. The third-order valence-electron chi connectivity index (χ3n) is 4.60. The first-order valence-electron chi connectivity index (χ1n) is 8.67. The quantitative estimate of drug-likeness (QED) is 0.678. The molecule has 0 saturated carbocycles. The largest absolute Gasteiger partial charge is 0.468 e. The molecule has 0 aliphatic rings. The van der Waals surface area contributed by atoms with Gasteiger partial charge in [0.05, 0.1) is 11.2 Å². The first-order valence-corrected chi connectivity index (χ1v) is 10.2. The van der Waals surface area contributed by atoms with Crippen molar-refractivity contribution in [3.63, 3.8) is 0 Å². The number of hydrogen-bond donors (Lipinski definition) is 1. The van der Waals surface area contributed by atoms with Gasteiger partial charge in [0.1, 0.15) is 16.8 Å². The molecule has 3 rings (SSSR count). The predicted octanol–water partition coefficient (Wildman–Crippen LogP) is 3.98. The highest BCUT2D eigenvalue weighted by Crippen LogP contribution is 2.30. The summed E-state index contributed by atoms with van der Waals surface area (Å²) in [6.45, 7) is 3.56. The van der Waals surface area contributed by atoms with Crippen molar-refractivity contribution in [1.82, 2.24) is 5.32 Å². The van der Waals surface area contributed by atoms with E-state index in [1.54, 1.807) is 30.3 Å². The Morgan fingerprint density at radius 2 is 1.79 bits per heavy atom. The molecule has 146 valence electrons. The molecular formula is C21H20FNO4S. The zero-order chi connectivity index (χ0) is 20.3. The molecule has 1 heterocycles. The van der Waals surface area contributed by atoms with Crippen LogP contribution in [0.5, 0.6) is 0 Å². The van der Waals surface area contributed by atoms with Gasteiger partial charge in [0.2, 0.25) is 0 Å². The smallest absolute Gasteiger partial charge is 0.251 e. The highest BCUT2D eigenvalue weighted by Gasteiger charge is 2.32. The topological polar surface area (TPSA) is 76.4 Å². The summed E-state index contributed by atoms with van der Waals surface area (Å²) in [5, 5.41) is 1.52. The van der Waals surface area contributed by atoms with Gasteiger partial charge in [-0.2, -0.15) is 0 Å². The lowest BCUT2D eigenvalue weighted by molar-refractivity contribution is 0.0953. The number of sulfone groups is 1. The van der Waals surface area contributed by atoms with E-state index < -0.39 is 26.8 Å². The number of carbonyl (C=O) groups is 1. The average Bonchev–Trinajstić information content (AvgIpc) is 3.18. The lowest BCUT2D eigenvalue weighted by Gasteiger charge is -2.17. The second-order valence-corrected chi connectivity index (χ2v) is 8.64. The van der Waals surface area contributed by atoms with Gasteiger partial charge in [-0.15, -0.1) is 0 Å². The van der Waals surface area contributed by atoms with Crippen LogP contribution in [0.25, 0.3) is 0 Å². The Kier molecular flexibility index (Phi) is 5.65. The van der Waals surface area contributed by atoms with Crippen LogP contribution in [-0.4, -0.2) is 20.9 Å². The van der Waals surface area contributed by atoms with Crippen LogP contribution in [0.4, 0.5) is 4.39 Å². The summed E-state index contributed by atoms with van der Waals surface area (Å²) in [5.74, 6) is -0.716. The van der Waals surface area contributed by atoms with Gasteiger partial charge >= 0.3 is 0 Å². The molecule has 5 nitrogen and oxygen atoms in total. The summed E-state index contributed by atoms with van der Waals surface area (Å²) in [6.07, 6.45) is 1.39. The molecule has 7 heteroatoms. The third kappa shape index (κ3) is 4.14. The maximum absolute atomic E-state index is 13.2. The van der Waals surface area contributed by atoms with Gasteiger partial charge < -0.3 is 9.73 Å². The van der Waals surface area contributed by atoms with Gasteiger partial charge in [-0.3, -0.25) is 4.79 Å². The van der Waals surface area contributed by atoms with Crippen LogP contribution in [0, 0.1) is 19.7 Å². The molecular weight excluding hydrogens is 381 g/mol. The van der Waals surface area contributed by atoms with Crippen LogP contribution in [0.15, 0.2) is 70.2 Å². The first-order chi connectivity index (χ1) is 13.3. The monoisotopic (exact) mass is 401 g/mol. The maximum Gasteiger partial charge on any atom is 0.251 e. The number of nitrogens with one attached hydrogen (secondary N) is 1. The number of aryl methyl sites for hydroxylation is 2. The fraction of sp³-hybridized carbons (Fsp3) is 0.190. The van der Waals surface area contributed by atoms with Gasteiger partial charge in [-0.25, -0.2) is 12.8 Å². The minimum Gasteiger partial charge on any atom is -0.468 e. The molecule has 0 radical (unpaired) electrons. The summed E-state index contributed by atoms with van der Waals surface area (Å²) in [5.41, 5.74) is 2.08. The van der Waals surface area contributed by atoms with Crippen LogP contribution < -0.4 is 5.32 Å². The van der Waals surface area contributed by atoms with Crippen LogP contribution in [-0.2, 0) is 9.84 Å². The summed E-state index contributed by atoms with van der Waals surface area (Å²) in [6, 6.07) is 13.1. The molecule has 0 fully saturated rings.